The fourth-order valence-corrected chi connectivity index (χ4v) is 3.74. The van der Waals surface area contributed by atoms with E-state index in [1.807, 2.05) is 24.3 Å². The molecule has 1 saturated heterocycles. The number of hydrogen-bond acceptors (Lipinski definition) is 6. The van der Waals surface area contributed by atoms with Gasteiger partial charge in [0.05, 0.1) is 12.7 Å². The summed E-state index contributed by atoms with van der Waals surface area (Å²) in [6.07, 6.45) is 10.6. The quantitative estimate of drug-likeness (QED) is 0.316. The molecule has 0 aromatic carbocycles. The maximum atomic E-state index is 11.6. The van der Waals surface area contributed by atoms with E-state index in [0.717, 1.165) is 25.7 Å². The van der Waals surface area contributed by atoms with E-state index < -0.39 is 18.4 Å². The molecule has 7 heteroatoms. The van der Waals surface area contributed by atoms with Crippen LogP contribution in [0.3, 0.4) is 0 Å². The first-order chi connectivity index (χ1) is 13.0. The number of carbonyl (C=O) groups excluding carboxylic acids is 1. The monoisotopic (exact) mass is 382 g/mol. The summed E-state index contributed by atoms with van der Waals surface area (Å²) in [5, 5.41) is 18.6. The third kappa shape index (κ3) is 6.90. The van der Waals surface area contributed by atoms with Crippen LogP contribution in [0.4, 0.5) is 9.59 Å². The van der Waals surface area contributed by atoms with Crippen molar-refractivity contribution in [3.05, 3.63) is 24.3 Å². The van der Waals surface area contributed by atoms with Gasteiger partial charge in [-0.15, -0.1) is 0 Å². The summed E-state index contributed by atoms with van der Waals surface area (Å²) in [5.41, 5.74) is 0. The van der Waals surface area contributed by atoms with Crippen LogP contribution in [-0.4, -0.2) is 47.4 Å². The number of aliphatic hydroxyl groups is 1. The first-order valence-corrected chi connectivity index (χ1v) is 9.75. The van der Waals surface area contributed by atoms with Crippen molar-refractivity contribution in [1.82, 2.24) is 0 Å². The summed E-state index contributed by atoms with van der Waals surface area (Å²) in [5.74, 6) is 0.0828. The molecule has 1 aliphatic heterocycles. The largest absolute Gasteiger partial charge is 0.508 e. The van der Waals surface area contributed by atoms with Crippen molar-refractivity contribution < 1.29 is 34.0 Å². The Morgan fingerprint density at radius 3 is 2.81 bits per heavy atom. The SMILES string of the molecule is CCCCCC(O)/C=C/C1C2CC(OC(=O)O2)C1C/C=C\CCOC(=O)O. The molecule has 0 spiro atoms. The lowest BCUT2D eigenvalue weighted by atomic mass is 9.89. The molecule has 1 heterocycles. The Labute approximate surface area is 160 Å². The predicted octanol–water partition coefficient (Wildman–Crippen LogP) is 4.05. The molecule has 152 valence electrons. The van der Waals surface area contributed by atoms with Crippen molar-refractivity contribution in [1.29, 1.82) is 0 Å². The van der Waals surface area contributed by atoms with Gasteiger partial charge < -0.3 is 24.4 Å². The predicted molar refractivity (Wildman–Crippen MR) is 98.4 cm³/mol. The molecular weight excluding hydrogens is 352 g/mol. The van der Waals surface area contributed by atoms with Gasteiger partial charge in [0.2, 0.25) is 0 Å². The number of allylic oxidation sites excluding steroid dienone is 1. The van der Waals surface area contributed by atoms with Crippen molar-refractivity contribution in [2.24, 2.45) is 11.8 Å². The topological polar surface area (TPSA) is 102 Å². The first-order valence-electron chi connectivity index (χ1n) is 9.75. The summed E-state index contributed by atoms with van der Waals surface area (Å²) in [7, 11) is 0. The molecule has 2 bridgehead atoms. The van der Waals surface area contributed by atoms with Crippen molar-refractivity contribution in [3.63, 3.8) is 0 Å². The average Bonchev–Trinajstić information content (AvgIpc) is 2.86. The maximum absolute atomic E-state index is 11.6. The van der Waals surface area contributed by atoms with Gasteiger partial charge in [0.1, 0.15) is 12.2 Å². The Kier molecular flexibility index (Phi) is 8.64. The Bertz CT molecular complexity index is 542. The summed E-state index contributed by atoms with van der Waals surface area (Å²) in [6.45, 7) is 2.25. The zero-order valence-corrected chi connectivity index (χ0v) is 15.8. The Morgan fingerprint density at radius 1 is 1.30 bits per heavy atom. The molecule has 2 fully saturated rings. The minimum atomic E-state index is -1.28. The van der Waals surface area contributed by atoms with Gasteiger partial charge in [-0.25, -0.2) is 9.59 Å². The van der Waals surface area contributed by atoms with Crippen molar-refractivity contribution in [2.45, 2.75) is 70.2 Å². The Hall–Kier alpha value is -2.02. The van der Waals surface area contributed by atoms with Gasteiger partial charge in [0.15, 0.2) is 0 Å². The van der Waals surface area contributed by atoms with Gasteiger partial charge in [0.25, 0.3) is 0 Å². The molecule has 5 unspecified atom stereocenters. The molecule has 2 rings (SSSR count). The van der Waals surface area contributed by atoms with Gasteiger partial charge in [-0.2, -0.15) is 0 Å². The Morgan fingerprint density at radius 2 is 2.07 bits per heavy atom. The van der Waals surface area contributed by atoms with Gasteiger partial charge >= 0.3 is 12.3 Å². The lowest BCUT2D eigenvalue weighted by molar-refractivity contribution is -0.0346. The normalized spacial score (nSPS) is 28.3. The maximum Gasteiger partial charge on any atom is 0.508 e. The number of hydrogen-bond donors (Lipinski definition) is 2. The van der Waals surface area contributed by atoms with Crippen molar-refractivity contribution in [2.75, 3.05) is 6.61 Å². The number of fused-ring (bicyclic) bond motifs is 2. The zero-order chi connectivity index (χ0) is 19.6. The zero-order valence-electron chi connectivity index (χ0n) is 15.8. The standard InChI is InChI=1S/C20H30O7/c1-2-3-5-8-14(21)10-11-16-15(9-6-4-7-12-25-19(22)23)17-13-18(16)27-20(24)26-17/h4,6,10-11,14-18,21H,2-3,5,7-9,12-13H2,1H3,(H,22,23)/b6-4-,11-10+. The van der Waals surface area contributed by atoms with E-state index >= 15 is 0 Å². The van der Waals surface area contributed by atoms with Crippen LogP contribution in [0.5, 0.6) is 0 Å². The molecule has 1 aliphatic carbocycles. The fourth-order valence-electron chi connectivity index (χ4n) is 3.74. The van der Waals surface area contributed by atoms with E-state index in [9.17, 15) is 14.7 Å². The number of rotatable bonds is 11. The highest BCUT2D eigenvalue weighted by atomic mass is 16.7. The van der Waals surface area contributed by atoms with E-state index in [0.29, 0.717) is 19.3 Å². The molecule has 0 aromatic rings. The molecule has 0 radical (unpaired) electrons. The molecule has 2 N–H and O–H groups in total. The van der Waals surface area contributed by atoms with E-state index in [-0.39, 0.29) is 30.7 Å². The second-order valence-electron chi connectivity index (χ2n) is 7.10. The number of unbranched alkanes of at least 4 members (excludes halogenated alkanes) is 2. The third-order valence-corrected chi connectivity index (χ3v) is 5.10. The molecule has 1 saturated carbocycles. The lowest BCUT2D eigenvalue weighted by Gasteiger charge is -2.20. The summed E-state index contributed by atoms with van der Waals surface area (Å²) in [6, 6.07) is 0. The smallest absolute Gasteiger partial charge is 0.450 e. The van der Waals surface area contributed by atoms with Gasteiger partial charge in [-0.05, 0) is 19.3 Å². The summed E-state index contributed by atoms with van der Waals surface area (Å²) in [4.78, 5) is 21.9. The molecule has 0 aromatic heterocycles. The molecular formula is C20H30O7. The highest BCUT2D eigenvalue weighted by Gasteiger charge is 2.49. The molecule has 27 heavy (non-hydrogen) atoms. The highest BCUT2D eigenvalue weighted by Crippen LogP contribution is 2.43. The van der Waals surface area contributed by atoms with Crippen molar-refractivity contribution in [3.8, 4) is 0 Å². The summed E-state index contributed by atoms with van der Waals surface area (Å²) < 4.78 is 15.1. The molecule has 5 atom stereocenters. The second kappa shape index (κ2) is 11.0. The van der Waals surface area contributed by atoms with Crippen LogP contribution in [0.15, 0.2) is 24.3 Å². The molecule has 2 aliphatic rings. The van der Waals surface area contributed by atoms with Crippen LogP contribution in [-0.2, 0) is 14.2 Å². The van der Waals surface area contributed by atoms with E-state index in [4.69, 9.17) is 14.6 Å². The van der Waals surface area contributed by atoms with Gasteiger partial charge in [-0.1, -0.05) is 50.5 Å². The van der Waals surface area contributed by atoms with E-state index in [1.54, 1.807) is 0 Å². The van der Waals surface area contributed by atoms with Gasteiger partial charge in [0, 0.05) is 18.3 Å². The first kappa shape index (κ1) is 21.3. The number of carboxylic acid groups (broad SMARTS) is 1. The average molecular weight is 382 g/mol. The summed E-state index contributed by atoms with van der Waals surface area (Å²) >= 11 is 0. The van der Waals surface area contributed by atoms with Crippen molar-refractivity contribution >= 4 is 12.3 Å². The number of aliphatic hydroxyl groups excluding tert-OH is 1. The number of ether oxygens (including phenoxy) is 3. The van der Waals surface area contributed by atoms with Crippen LogP contribution in [0.1, 0.15) is 51.9 Å². The van der Waals surface area contributed by atoms with E-state index in [2.05, 4.69) is 11.7 Å². The lowest BCUT2D eigenvalue weighted by Crippen LogP contribution is -2.28. The molecule has 7 nitrogen and oxygen atoms in total. The third-order valence-electron chi connectivity index (χ3n) is 5.10. The Balaban J connectivity index is 1.90. The number of carbonyl (C=O) groups is 2. The highest BCUT2D eigenvalue weighted by molar-refractivity contribution is 5.62. The van der Waals surface area contributed by atoms with Crippen LogP contribution < -0.4 is 0 Å². The van der Waals surface area contributed by atoms with Gasteiger partial charge in [-0.3, -0.25) is 0 Å². The van der Waals surface area contributed by atoms with Crippen LogP contribution in [0.2, 0.25) is 0 Å². The minimum Gasteiger partial charge on any atom is -0.450 e. The van der Waals surface area contributed by atoms with E-state index in [1.165, 1.54) is 0 Å². The van der Waals surface area contributed by atoms with Crippen LogP contribution in [0.25, 0.3) is 0 Å². The van der Waals surface area contributed by atoms with Crippen LogP contribution in [0, 0.1) is 11.8 Å². The fraction of sp³-hybridized carbons (Fsp3) is 0.700. The molecule has 0 amide bonds. The second-order valence-corrected chi connectivity index (χ2v) is 7.10. The van der Waals surface area contributed by atoms with Crippen LogP contribution >= 0.6 is 0 Å². The minimum absolute atomic E-state index is 0.00203.